The van der Waals surface area contributed by atoms with Gasteiger partial charge in [0, 0.05) is 13.2 Å². The maximum atomic E-state index is 11.7. The maximum absolute atomic E-state index is 11.7. The van der Waals surface area contributed by atoms with Crippen LogP contribution in [0.25, 0.3) is 0 Å². The summed E-state index contributed by atoms with van der Waals surface area (Å²) in [5, 5.41) is 20.8. The molecule has 2 atom stereocenters. The number of hydrogen-bond donors (Lipinski definition) is 2. The smallest absolute Gasteiger partial charge is 0.239 e. The molecule has 0 bridgehead atoms. The van der Waals surface area contributed by atoms with Crippen LogP contribution in [0, 0.1) is 28.6 Å². The number of nitrogens with zero attached hydrogens (tertiary/aromatic N) is 1. The van der Waals surface area contributed by atoms with Crippen LogP contribution in [0.5, 0.6) is 0 Å². The van der Waals surface area contributed by atoms with Crippen molar-refractivity contribution in [1.29, 1.82) is 5.26 Å². The largest absolute Gasteiger partial charge is 0.396 e. The standard InChI is InChI=1S/C12H20N2O2/c1-12(2,8-13)11(16)14-6-9-4-3-5-10(9)7-15/h9-10,15H,3-7H2,1-2H3,(H,14,16). The van der Waals surface area contributed by atoms with Gasteiger partial charge >= 0.3 is 0 Å². The van der Waals surface area contributed by atoms with Crippen molar-refractivity contribution < 1.29 is 9.90 Å². The van der Waals surface area contributed by atoms with E-state index in [4.69, 9.17) is 10.4 Å². The van der Waals surface area contributed by atoms with Gasteiger partial charge in [-0.3, -0.25) is 4.79 Å². The minimum atomic E-state index is -0.965. The van der Waals surface area contributed by atoms with Crippen LogP contribution in [0.15, 0.2) is 0 Å². The lowest BCUT2D eigenvalue weighted by Gasteiger charge is -2.20. The summed E-state index contributed by atoms with van der Waals surface area (Å²) in [5.74, 6) is 0.451. The van der Waals surface area contributed by atoms with Crippen molar-refractivity contribution in [3.8, 4) is 6.07 Å². The lowest BCUT2D eigenvalue weighted by atomic mass is 9.93. The average Bonchev–Trinajstić information content (AvgIpc) is 2.72. The molecule has 2 unspecified atom stereocenters. The first-order valence-electron chi connectivity index (χ1n) is 5.81. The number of aliphatic hydroxyl groups excluding tert-OH is 1. The van der Waals surface area contributed by atoms with Gasteiger partial charge in [0.2, 0.25) is 5.91 Å². The Morgan fingerprint density at radius 3 is 2.69 bits per heavy atom. The molecule has 90 valence electrons. The maximum Gasteiger partial charge on any atom is 0.239 e. The van der Waals surface area contributed by atoms with Gasteiger partial charge in [-0.1, -0.05) is 6.42 Å². The number of hydrogen-bond acceptors (Lipinski definition) is 3. The Hall–Kier alpha value is -1.08. The SMILES string of the molecule is CC(C)(C#N)C(=O)NCC1CCCC1CO. The van der Waals surface area contributed by atoms with Gasteiger partial charge in [0.05, 0.1) is 6.07 Å². The van der Waals surface area contributed by atoms with Crippen molar-refractivity contribution in [2.75, 3.05) is 13.2 Å². The third-order valence-corrected chi connectivity index (χ3v) is 3.42. The van der Waals surface area contributed by atoms with Gasteiger partial charge in [-0.15, -0.1) is 0 Å². The molecule has 1 rings (SSSR count). The Bertz CT molecular complexity index is 294. The van der Waals surface area contributed by atoms with Gasteiger partial charge in [0.15, 0.2) is 0 Å². The molecule has 0 heterocycles. The second kappa shape index (κ2) is 5.31. The van der Waals surface area contributed by atoms with E-state index >= 15 is 0 Å². The van der Waals surface area contributed by atoms with Gasteiger partial charge < -0.3 is 10.4 Å². The van der Waals surface area contributed by atoms with Crippen molar-refractivity contribution in [2.45, 2.75) is 33.1 Å². The van der Waals surface area contributed by atoms with Crippen molar-refractivity contribution in [2.24, 2.45) is 17.3 Å². The van der Waals surface area contributed by atoms with Crippen LogP contribution in [-0.2, 0) is 4.79 Å². The Balaban J connectivity index is 2.41. The number of amides is 1. The molecule has 4 heteroatoms. The second-order valence-electron chi connectivity index (χ2n) is 5.08. The lowest BCUT2D eigenvalue weighted by Crippen LogP contribution is -2.39. The summed E-state index contributed by atoms with van der Waals surface area (Å²) in [4.78, 5) is 11.7. The van der Waals surface area contributed by atoms with Crippen molar-refractivity contribution in [3.63, 3.8) is 0 Å². The van der Waals surface area contributed by atoms with Gasteiger partial charge in [0.1, 0.15) is 5.41 Å². The minimum absolute atomic E-state index is 0.197. The predicted octanol–water partition coefficient (Wildman–Crippen LogP) is 1.06. The molecule has 0 aliphatic heterocycles. The molecule has 0 aromatic rings. The quantitative estimate of drug-likeness (QED) is 0.750. The number of carbonyl (C=O) groups is 1. The molecule has 0 radical (unpaired) electrons. The molecule has 4 nitrogen and oxygen atoms in total. The Morgan fingerprint density at radius 1 is 1.50 bits per heavy atom. The number of nitrogens with one attached hydrogen (secondary N) is 1. The van der Waals surface area contributed by atoms with Crippen LogP contribution in [0.2, 0.25) is 0 Å². The second-order valence-corrected chi connectivity index (χ2v) is 5.08. The molecule has 0 aromatic heterocycles. The molecule has 1 aliphatic carbocycles. The van der Waals surface area contributed by atoms with Gasteiger partial charge in [-0.05, 0) is 38.5 Å². The Labute approximate surface area is 96.6 Å². The van der Waals surface area contributed by atoms with E-state index < -0.39 is 5.41 Å². The van der Waals surface area contributed by atoms with Crippen LogP contribution < -0.4 is 5.32 Å². The molecule has 2 N–H and O–H groups in total. The summed E-state index contributed by atoms with van der Waals surface area (Å²) in [7, 11) is 0. The normalized spacial score (nSPS) is 25.1. The summed E-state index contributed by atoms with van der Waals surface area (Å²) >= 11 is 0. The lowest BCUT2D eigenvalue weighted by molar-refractivity contribution is -0.127. The van der Waals surface area contributed by atoms with E-state index in [2.05, 4.69) is 5.32 Å². The van der Waals surface area contributed by atoms with E-state index in [1.807, 2.05) is 6.07 Å². The molecule has 1 saturated carbocycles. The fraction of sp³-hybridized carbons (Fsp3) is 0.833. The van der Waals surface area contributed by atoms with E-state index in [-0.39, 0.29) is 12.5 Å². The third kappa shape index (κ3) is 2.96. The van der Waals surface area contributed by atoms with Crippen molar-refractivity contribution in [3.05, 3.63) is 0 Å². The predicted molar refractivity (Wildman–Crippen MR) is 60.3 cm³/mol. The van der Waals surface area contributed by atoms with Crippen LogP contribution in [0.1, 0.15) is 33.1 Å². The summed E-state index contributed by atoms with van der Waals surface area (Å²) in [6, 6.07) is 1.98. The molecule has 1 amide bonds. The molecular weight excluding hydrogens is 204 g/mol. The van der Waals surface area contributed by atoms with Crippen LogP contribution in [0.4, 0.5) is 0 Å². The zero-order valence-corrected chi connectivity index (χ0v) is 9.99. The monoisotopic (exact) mass is 224 g/mol. The molecule has 0 aromatic carbocycles. The van der Waals surface area contributed by atoms with Gasteiger partial charge in [0.25, 0.3) is 0 Å². The van der Waals surface area contributed by atoms with E-state index in [9.17, 15) is 4.79 Å². The van der Waals surface area contributed by atoms with E-state index in [1.165, 1.54) is 0 Å². The molecule has 1 fully saturated rings. The minimum Gasteiger partial charge on any atom is -0.396 e. The topological polar surface area (TPSA) is 73.1 Å². The van der Waals surface area contributed by atoms with Gasteiger partial charge in [-0.2, -0.15) is 5.26 Å². The first kappa shape index (κ1) is 13.0. The summed E-state index contributed by atoms with van der Waals surface area (Å²) in [6.45, 7) is 4.00. The summed E-state index contributed by atoms with van der Waals surface area (Å²) < 4.78 is 0. The van der Waals surface area contributed by atoms with E-state index in [0.717, 1.165) is 19.3 Å². The number of rotatable bonds is 4. The fourth-order valence-corrected chi connectivity index (χ4v) is 2.12. The highest BCUT2D eigenvalue weighted by Crippen LogP contribution is 2.30. The molecular formula is C12H20N2O2. The van der Waals surface area contributed by atoms with Crippen molar-refractivity contribution in [1.82, 2.24) is 5.32 Å². The van der Waals surface area contributed by atoms with E-state index in [0.29, 0.717) is 18.4 Å². The zero-order valence-electron chi connectivity index (χ0n) is 9.99. The van der Waals surface area contributed by atoms with Crippen LogP contribution >= 0.6 is 0 Å². The number of aliphatic hydroxyl groups is 1. The summed E-state index contributed by atoms with van der Waals surface area (Å²) in [5.41, 5.74) is -0.965. The van der Waals surface area contributed by atoms with Crippen LogP contribution in [-0.4, -0.2) is 24.2 Å². The Kier molecular flexibility index (Phi) is 4.31. The Morgan fingerprint density at radius 2 is 2.12 bits per heavy atom. The molecule has 16 heavy (non-hydrogen) atoms. The van der Waals surface area contributed by atoms with E-state index in [1.54, 1.807) is 13.8 Å². The number of nitriles is 1. The molecule has 0 saturated heterocycles. The molecule has 1 aliphatic rings. The highest BCUT2D eigenvalue weighted by molar-refractivity contribution is 5.84. The average molecular weight is 224 g/mol. The first-order valence-corrected chi connectivity index (χ1v) is 5.81. The first-order chi connectivity index (χ1) is 7.51. The highest BCUT2D eigenvalue weighted by Gasteiger charge is 2.30. The summed E-state index contributed by atoms with van der Waals surface area (Å²) in [6.07, 6.45) is 3.21. The van der Waals surface area contributed by atoms with Gasteiger partial charge in [-0.25, -0.2) is 0 Å². The van der Waals surface area contributed by atoms with Crippen LogP contribution in [0.3, 0.4) is 0 Å². The van der Waals surface area contributed by atoms with Crippen molar-refractivity contribution >= 4 is 5.91 Å². The number of carbonyl (C=O) groups excluding carboxylic acids is 1. The zero-order chi connectivity index (χ0) is 12.2. The molecule has 0 spiro atoms. The third-order valence-electron chi connectivity index (χ3n) is 3.42. The fourth-order valence-electron chi connectivity index (χ4n) is 2.12. The highest BCUT2D eigenvalue weighted by atomic mass is 16.3.